The quantitative estimate of drug-likeness (QED) is 0.601. The molecule has 1 amide bonds. The molecule has 0 bridgehead atoms. The van der Waals surface area contributed by atoms with Crippen LogP contribution in [0.15, 0.2) is 60.9 Å². The fourth-order valence-electron chi connectivity index (χ4n) is 3.60. The van der Waals surface area contributed by atoms with E-state index >= 15 is 0 Å². The second-order valence-electron chi connectivity index (χ2n) is 7.36. The maximum absolute atomic E-state index is 12.9. The van der Waals surface area contributed by atoms with Crippen molar-refractivity contribution in [3.05, 3.63) is 66.5 Å². The molecule has 8 heteroatoms. The van der Waals surface area contributed by atoms with Crippen LogP contribution < -0.4 is 20.1 Å². The van der Waals surface area contributed by atoms with Crippen LogP contribution in [0.4, 0.5) is 5.95 Å². The fraction of sp³-hybridized carbons (Fsp3) is 0.304. The molecular formula is C23H25N5O3. The summed E-state index contributed by atoms with van der Waals surface area (Å²) in [6.45, 7) is 0. The molecule has 4 rings (SSSR count). The second-order valence-corrected chi connectivity index (χ2v) is 7.36. The average Bonchev–Trinajstić information content (AvgIpc) is 2.81. The third kappa shape index (κ3) is 5.48. The van der Waals surface area contributed by atoms with E-state index in [1.807, 2.05) is 30.3 Å². The van der Waals surface area contributed by atoms with Crippen molar-refractivity contribution in [3.63, 3.8) is 0 Å². The lowest BCUT2D eigenvalue weighted by Gasteiger charge is -2.29. The van der Waals surface area contributed by atoms with Gasteiger partial charge in [0, 0.05) is 30.5 Å². The Hall–Kier alpha value is -3.68. The van der Waals surface area contributed by atoms with Crippen molar-refractivity contribution in [2.24, 2.45) is 0 Å². The van der Waals surface area contributed by atoms with Crippen LogP contribution in [0, 0.1) is 0 Å². The number of benzene rings is 1. The lowest BCUT2D eigenvalue weighted by atomic mass is 9.91. The zero-order chi connectivity index (χ0) is 21.5. The van der Waals surface area contributed by atoms with Gasteiger partial charge < -0.3 is 20.1 Å². The number of carbonyl (C=O) groups excluding carboxylic acids is 1. The van der Waals surface area contributed by atoms with Crippen molar-refractivity contribution in [3.8, 4) is 17.5 Å². The molecule has 1 saturated carbocycles. The van der Waals surface area contributed by atoms with E-state index in [-0.39, 0.29) is 18.0 Å². The van der Waals surface area contributed by atoms with E-state index in [2.05, 4.69) is 25.6 Å². The minimum atomic E-state index is -0.174. The van der Waals surface area contributed by atoms with Crippen LogP contribution >= 0.6 is 0 Å². The van der Waals surface area contributed by atoms with Gasteiger partial charge in [0.25, 0.3) is 5.91 Å². The van der Waals surface area contributed by atoms with Gasteiger partial charge in [-0.3, -0.25) is 4.79 Å². The largest absolute Gasteiger partial charge is 0.481 e. The molecule has 3 aromatic rings. The van der Waals surface area contributed by atoms with Gasteiger partial charge in [-0.1, -0.05) is 18.2 Å². The summed E-state index contributed by atoms with van der Waals surface area (Å²) >= 11 is 0. The molecule has 31 heavy (non-hydrogen) atoms. The number of amides is 1. The number of rotatable bonds is 7. The van der Waals surface area contributed by atoms with Crippen LogP contribution in [0.5, 0.6) is 17.5 Å². The number of hydrogen-bond acceptors (Lipinski definition) is 7. The molecule has 1 aromatic carbocycles. The van der Waals surface area contributed by atoms with Crippen molar-refractivity contribution in [1.82, 2.24) is 20.3 Å². The Morgan fingerprint density at radius 3 is 2.48 bits per heavy atom. The Morgan fingerprint density at radius 1 is 0.935 bits per heavy atom. The molecule has 0 spiro atoms. The number of anilines is 1. The van der Waals surface area contributed by atoms with Gasteiger partial charge in [0.05, 0.1) is 7.11 Å². The molecule has 0 radical (unpaired) electrons. The van der Waals surface area contributed by atoms with Crippen molar-refractivity contribution in [1.29, 1.82) is 0 Å². The summed E-state index contributed by atoms with van der Waals surface area (Å²) in [5.41, 5.74) is 0.427. The van der Waals surface area contributed by atoms with E-state index in [1.54, 1.807) is 37.7 Å². The number of para-hydroxylation sites is 1. The predicted octanol–water partition coefficient (Wildman–Crippen LogP) is 3.83. The maximum atomic E-state index is 12.9. The number of ether oxygens (including phenoxy) is 2. The van der Waals surface area contributed by atoms with Gasteiger partial charge >= 0.3 is 0 Å². The van der Waals surface area contributed by atoms with Crippen LogP contribution in [0.1, 0.15) is 36.0 Å². The molecule has 0 saturated heterocycles. The van der Waals surface area contributed by atoms with Crippen molar-refractivity contribution in [2.45, 2.75) is 37.8 Å². The molecule has 8 nitrogen and oxygen atoms in total. The first-order valence-electron chi connectivity index (χ1n) is 10.3. The molecule has 0 aliphatic heterocycles. The first-order chi connectivity index (χ1) is 15.2. The van der Waals surface area contributed by atoms with Crippen molar-refractivity contribution in [2.75, 3.05) is 12.4 Å². The fourth-order valence-corrected chi connectivity index (χ4v) is 3.60. The molecule has 0 unspecified atom stereocenters. The van der Waals surface area contributed by atoms with Crippen molar-refractivity contribution >= 4 is 11.9 Å². The lowest BCUT2D eigenvalue weighted by molar-refractivity contribution is 0.0923. The van der Waals surface area contributed by atoms with Crippen LogP contribution in [0.2, 0.25) is 0 Å². The molecule has 2 heterocycles. The highest BCUT2D eigenvalue weighted by Gasteiger charge is 2.24. The number of carbonyl (C=O) groups is 1. The van der Waals surface area contributed by atoms with Gasteiger partial charge in [-0.25, -0.2) is 9.97 Å². The normalized spacial score (nSPS) is 18.1. The minimum absolute atomic E-state index is 0.0987. The summed E-state index contributed by atoms with van der Waals surface area (Å²) in [6, 6.07) is 14.9. The summed E-state index contributed by atoms with van der Waals surface area (Å²) in [6.07, 6.45) is 6.83. The SMILES string of the molecule is COc1ccnc(NC2CCC(NC(=O)c3cccnc3Oc3ccccc3)CC2)n1. The molecule has 160 valence electrons. The Balaban J connectivity index is 1.32. The highest BCUT2D eigenvalue weighted by molar-refractivity contribution is 5.96. The zero-order valence-corrected chi connectivity index (χ0v) is 17.3. The van der Waals surface area contributed by atoms with E-state index in [0.29, 0.717) is 29.0 Å². The number of hydrogen-bond donors (Lipinski definition) is 2. The lowest BCUT2D eigenvalue weighted by Crippen LogP contribution is -2.40. The number of pyridine rings is 1. The average molecular weight is 419 g/mol. The number of nitrogens with zero attached hydrogens (tertiary/aromatic N) is 3. The molecule has 2 N–H and O–H groups in total. The Morgan fingerprint density at radius 2 is 1.71 bits per heavy atom. The van der Waals surface area contributed by atoms with Crippen LogP contribution in [-0.2, 0) is 0 Å². The smallest absolute Gasteiger partial charge is 0.257 e. The summed E-state index contributed by atoms with van der Waals surface area (Å²) in [5, 5.41) is 6.48. The van der Waals surface area contributed by atoms with Gasteiger partial charge in [0.2, 0.25) is 17.7 Å². The van der Waals surface area contributed by atoms with Crippen LogP contribution in [0.25, 0.3) is 0 Å². The van der Waals surface area contributed by atoms with E-state index in [0.717, 1.165) is 25.7 Å². The number of aromatic nitrogens is 3. The third-order valence-corrected chi connectivity index (χ3v) is 5.21. The van der Waals surface area contributed by atoms with Crippen LogP contribution in [-0.4, -0.2) is 40.1 Å². The second kappa shape index (κ2) is 9.88. The number of nitrogens with one attached hydrogen (secondary N) is 2. The van der Waals surface area contributed by atoms with Gasteiger partial charge in [0.1, 0.15) is 11.3 Å². The maximum Gasteiger partial charge on any atom is 0.257 e. The molecule has 1 fully saturated rings. The monoisotopic (exact) mass is 419 g/mol. The van der Waals surface area contributed by atoms with Gasteiger partial charge in [-0.2, -0.15) is 4.98 Å². The summed E-state index contributed by atoms with van der Waals surface area (Å²) in [7, 11) is 1.58. The first kappa shape index (κ1) is 20.6. The van der Waals surface area contributed by atoms with Crippen molar-refractivity contribution < 1.29 is 14.3 Å². The van der Waals surface area contributed by atoms with E-state index in [9.17, 15) is 4.79 Å². The number of methoxy groups -OCH3 is 1. The van der Waals surface area contributed by atoms with Gasteiger partial charge in [-0.15, -0.1) is 0 Å². The van der Waals surface area contributed by atoms with E-state index in [1.165, 1.54) is 0 Å². The summed E-state index contributed by atoms with van der Waals surface area (Å²) in [5.74, 6) is 1.86. The highest BCUT2D eigenvalue weighted by atomic mass is 16.5. The Labute approximate surface area is 181 Å². The van der Waals surface area contributed by atoms with E-state index < -0.39 is 0 Å². The Bertz CT molecular complexity index is 1010. The predicted molar refractivity (Wildman–Crippen MR) is 116 cm³/mol. The zero-order valence-electron chi connectivity index (χ0n) is 17.3. The molecule has 0 atom stereocenters. The molecular weight excluding hydrogens is 394 g/mol. The van der Waals surface area contributed by atoms with E-state index in [4.69, 9.17) is 9.47 Å². The molecule has 1 aliphatic rings. The first-order valence-corrected chi connectivity index (χ1v) is 10.3. The highest BCUT2D eigenvalue weighted by Crippen LogP contribution is 2.25. The standard InChI is InChI=1S/C23H25N5O3/c1-30-20-13-15-25-23(28-20)27-17-11-9-16(10-12-17)26-21(29)19-8-5-14-24-22(19)31-18-6-3-2-4-7-18/h2-8,13-17H,9-12H2,1H3,(H,26,29)(H,25,27,28). The topological polar surface area (TPSA) is 98.3 Å². The van der Waals surface area contributed by atoms with Crippen LogP contribution in [0.3, 0.4) is 0 Å². The molecule has 1 aliphatic carbocycles. The summed E-state index contributed by atoms with van der Waals surface area (Å²) in [4.78, 5) is 25.7. The Kier molecular flexibility index (Phi) is 6.56. The minimum Gasteiger partial charge on any atom is -0.481 e. The molecule has 2 aromatic heterocycles. The van der Waals surface area contributed by atoms with Gasteiger partial charge in [-0.05, 0) is 49.9 Å². The van der Waals surface area contributed by atoms with Gasteiger partial charge in [0.15, 0.2) is 0 Å². The third-order valence-electron chi connectivity index (χ3n) is 5.21. The summed E-state index contributed by atoms with van der Waals surface area (Å²) < 4.78 is 11.0.